The molecule has 0 aliphatic carbocycles. The number of nitrogens with one attached hydrogen (secondary N) is 1. The van der Waals surface area contributed by atoms with Gasteiger partial charge in [-0.3, -0.25) is 9.78 Å². The standard InChI is InChI=1S/C15H14N6OS/c1-23-15-13(3-2-6-17-15)14(22)18-9-11-10-21(20-19-11)12-4-7-16-8-5-12/h2-8,10H,9H2,1H3,(H,18,22). The number of nitrogens with zero attached hydrogens (tertiary/aromatic N) is 5. The molecule has 3 rings (SSSR count). The second-order valence-electron chi connectivity index (χ2n) is 4.60. The quantitative estimate of drug-likeness (QED) is 0.718. The fourth-order valence-electron chi connectivity index (χ4n) is 1.99. The maximum atomic E-state index is 12.2. The largest absolute Gasteiger partial charge is 0.346 e. The Labute approximate surface area is 137 Å². The van der Waals surface area contributed by atoms with Crippen LogP contribution in [0.3, 0.4) is 0 Å². The van der Waals surface area contributed by atoms with Crippen LogP contribution in [0.2, 0.25) is 0 Å². The van der Waals surface area contributed by atoms with Crippen LogP contribution in [0.1, 0.15) is 16.1 Å². The zero-order valence-corrected chi connectivity index (χ0v) is 13.2. The van der Waals surface area contributed by atoms with Gasteiger partial charge in [0.15, 0.2) is 0 Å². The lowest BCUT2D eigenvalue weighted by Gasteiger charge is -2.06. The number of pyridine rings is 2. The molecule has 0 unspecified atom stereocenters. The first-order valence-electron chi connectivity index (χ1n) is 6.87. The minimum absolute atomic E-state index is 0.180. The first-order chi connectivity index (χ1) is 11.3. The Morgan fingerprint density at radius 2 is 2.09 bits per heavy atom. The highest BCUT2D eigenvalue weighted by molar-refractivity contribution is 7.98. The van der Waals surface area contributed by atoms with Gasteiger partial charge in [-0.15, -0.1) is 16.9 Å². The fraction of sp³-hybridized carbons (Fsp3) is 0.133. The zero-order valence-electron chi connectivity index (χ0n) is 12.4. The molecule has 1 amide bonds. The summed E-state index contributed by atoms with van der Waals surface area (Å²) in [5.74, 6) is -0.180. The molecule has 3 aromatic heterocycles. The second-order valence-corrected chi connectivity index (χ2v) is 5.40. The summed E-state index contributed by atoms with van der Waals surface area (Å²) in [6.45, 7) is 0.298. The van der Waals surface area contributed by atoms with Crippen LogP contribution in [0.15, 0.2) is 54.1 Å². The molecule has 0 saturated heterocycles. The van der Waals surface area contributed by atoms with E-state index in [9.17, 15) is 4.79 Å². The van der Waals surface area contributed by atoms with Gasteiger partial charge < -0.3 is 5.32 Å². The normalized spacial score (nSPS) is 10.5. The van der Waals surface area contributed by atoms with Crippen molar-refractivity contribution in [1.82, 2.24) is 30.3 Å². The summed E-state index contributed by atoms with van der Waals surface area (Å²) in [7, 11) is 0. The van der Waals surface area contributed by atoms with E-state index in [2.05, 4.69) is 25.6 Å². The molecule has 0 spiro atoms. The number of rotatable bonds is 5. The van der Waals surface area contributed by atoms with Gasteiger partial charge in [0.25, 0.3) is 5.91 Å². The SMILES string of the molecule is CSc1ncccc1C(=O)NCc1cn(-c2ccncc2)nn1. The van der Waals surface area contributed by atoms with Crippen LogP contribution < -0.4 is 5.32 Å². The van der Waals surface area contributed by atoms with Gasteiger partial charge in [-0.05, 0) is 30.5 Å². The Kier molecular flexibility index (Phi) is 4.62. The van der Waals surface area contributed by atoms with E-state index in [1.54, 1.807) is 41.6 Å². The monoisotopic (exact) mass is 326 g/mol. The zero-order chi connectivity index (χ0) is 16.1. The van der Waals surface area contributed by atoms with Crippen molar-refractivity contribution in [3.05, 3.63) is 60.3 Å². The van der Waals surface area contributed by atoms with E-state index >= 15 is 0 Å². The summed E-state index contributed by atoms with van der Waals surface area (Å²) in [4.78, 5) is 20.4. The first-order valence-corrected chi connectivity index (χ1v) is 8.09. The molecule has 116 valence electrons. The predicted molar refractivity (Wildman–Crippen MR) is 86.3 cm³/mol. The molecular weight excluding hydrogens is 312 g/mol. The Morgan fingerprint density at radius 1 is 1.26 bits per heavy atom. The molecule has 0 bridgehead atoms. The average Bonchev–Trinajstić information content (AvgIpc) is 3.09. The Balaban J connectivity index is 1.67. The number of thioether (sulfide) groups is 1. The van der Waals surface area contributed by atoms with Crippen LogP contribution in [-0.2, 0) is 6.54 Å². The molecule has 0 aromatic carbocycles. The topological polar surface area (TPSA) is 85.6 Å². The van der Waals surface area contributed by atoms with Gasteiger partial charge in [0, 0.05) is 18.6 Å². The molecule has 23 heavy (non-hydrogen) atoms. The molecule has 0 aliphatic heterocycles. The molecule has 7 nitrogen and oxygen atoms in total. The summed E-state index contributed by atoms with van der Waals surface area (Å²) in [5, 5.41) is 11.6. The lowest BCUT2D eigenvalue weighted by molar-refractivity contribution is 0.0947. The van der Waals surface area contributed by atoms with Gasteiger partial charge in [-0.2, -0.15) is 0 Å². The summed E-state index contributed by atoms with van der Waals surface area (Å²) in [6.07, 6.45) is 8.70. The van der Waals surface area contributed by atoms with Crippen molar-refractivity contribution in [1.29, 1.82) is 0 Å². The van der Waals surface area contributed by atoms with Crippen LogP contribution in [0, 0.1) is 0 Å². The highest BCUT2D eigenvalue weighted by Gasteiger charge is 2.12. The second kappa shape index (κ2) is 7.01. The van der Waals surface area contributed by atoms with Gasteiger partial charge in [0.2, 0.25) is 0 Å². The lowest BCUT2D eigenvalue weighted by Crippen LogP contribution is -2.23. The molecule has 0 radical (unpaired) electrons. The molecule has 3 heterocycles. The minimum Gasteiger partial charge on any atom is -0.346 e. The van der Waals surface area contributed by atoms with Gasteiger partial charge in [-0.1, -0.05) is 5.21 Å². The Morgan fingerprint density at radius 3 is 2.87 bits per heavy atom. The van der Waals surface area contributed by atoms with Crippen LogP contribution >= 0.6 is 11.8 Å². The molecule has 1 N–H and O–H groups in total. The van der Waals surface area contributed by atoms with Crippen molar-refractivity contribution in [2.75, 3.05) is 6.26 Å². The number of hydrogen-bond donors (Lipinski definition) is 1. The number of carbonyl (C=O) groups is 1. The smallest absolute Gasteiger partial charge is 0.254 e. The van der Waals surface area contributed by atoms with Gasteiger partial charge >= 0.3 is 0 Å². The van der Waals surface area contributed by atoms with E-state index in [1.807, 2.05) is 18.4 Å². The van der Waals surface area contributed by atoms with Gasteiger partial charge in [0.1, 0.15) is 10.7 Å². The number of amides is 1. The van der Waals surface area contributed by atoms with Crippen LogP contribution in [0.25, 0.3) is 5.69 Å². The van der Waals surface area contributed by atoms with Crippen molar-refractivity contribution in [3.63, 3.8) is 0 Å². The number of hydrogen-bond acceptors (Lipinski definition) is 6. The lowest BCUT2D eigenvalue weighted by atomic mass is 10.2. The van der Waals surface area contributed by atoms with Crippen LogP contribution in [0.4, 0.5) is 0 Å². The van der Waals surface area contributed by atoms with Crippen molar-refractivity contribution >= 4 is 17.7 Å². The molecule has 3 aromatic rings. The molecular formula is C15H14N6OS. The number of aromatic nitrogens is 5. The van der Waals surface area contributed by atoms with Crippen molar-refractivity contribution < 1.29 is 4.79 Å². The van der Waals surface area contributed by atoms with E-state index in [0.717, 1.165) is 5.69 Å². The van der Waals surface area contributed by atoms with E-state index in [-0.39, 0.29) is 5.91 Å². The summed E-state index contributed by atoms with van der Waals surface area (Å²) in [6, 6.07) is 7.16. The molecule has 0 aliphatic rings. The molecule has 0 fully saturated rings. The molecule has 0 saturated carbocycles. The third-order valence-electron chi connectivity index (χ3n) is 3.11. The highest BCUT2D eigenvalue weighted by atomic mass is 32.2. The summed E-state index contributed by atoms with van der Waals surface area (Å²) in [5.41, 5.74) is 2.09. The fourth-order valence-corrected chi connectivity index (χ4v) is 2.54. The predicted octanol–water partition coefficient (Wildman–Crippen LogP) is 1.71. The van der Waals surface area contributed by atoms with Crippen molar-refractivity contribution in [2.24, 2.45) is 0 Å². The van der Waals surface area contributed by atoms with Gasteiger partial charge in [-0.25, -0.2) is 9.67 Å². The first kappa shape index (κ1) is 15.2. The Hall–Kier alpha value is -2.74. The number of carbonyl (C=O) groups excluding carboxylic acids is 1. The van der Waals surface area contributed by atoms with Crippen molar-refractivity contribution in [3.8, 4) is 5.69 Å². The van der Waals surface area contributed by atoms with E-state index in [1.165, 1.54) is 11.8 Å². The van der Waals surface area contributed by atoms with Gasteiger partial charge in [0.05, 0.1) is 24.0 Å². The highest BCUT2D eigenvalue weighted by Crippen LogP contribution is 2.16. The average molecular weight is 326 g/mol. The third kappa shape index (κ3) is 3.54. The summed E-state index contributed by atoms with van der Waals surface area (Å²) >= 11 is 1.44. The van der Waals surface area contributed by atoms with Crippen LogP contribution in [0.5, 0.6) is 0 Å². The van der Waals surface area contributed by atoms with Crippen molar-refractivity contribution in [2.45, 2.75) is 11.6 Å². The minimum atomic E-state index is -0.180. The molecule has 0 atom stereocenters. The maximum Gasteiger partial charge on any atom is 0.254 e. The summed E-state index contributed by atoms with van der Waals surface area (Å²) < 4.78 is 1.64. The maximum absolute atomic E-state index is 12.2. The van der Waals surface area contributed by atoms with E-state index in [0.29, 0.717) is 22.8 Å². The van der Waals surface area contributed by atoms with E-state index in [4.69, 9.17) is 0 Å². The molecule has 8 heteroatoms. The van der Waals surface area contributed by atoms with E-state index < -0.39 is 0 Å². The van der Waals surface area contributed by atoms with Crippen LogP contribution in [-0.4, -0.2) is 37.1 Å². The Bertz CT molecular complexity index is 804. The third-order valence-corrected chi connectivity index (χ3v) is 3.82.